The Morgan fingerprint density at radius 3 is 1.14 bits per heavy atom. The van der Waals surface area contributed by atoms with Crippen LogP contribution in [-0.2, 0) is 0 Å². The summed E-state index contributed by atoms with van der Waals surface area (Å²) in [4.78, 5) is 23.1. The minimum Gasteiger partial charge on any atom is -0.354 e. The molecule has 6 heterocycles. The van der Waals surface area contributed by atoms with Crippen LogP contribution in [0.3, 0.4) is 0 Å². The van der Waals surface area contributed by atoms with E-state index in [-0.39, 0.29) is 0 Å². The number of aromatic amines is 2. The van der Waals surface area contributed by atoms with Crippen molar-refractivity contribution in [3.63, 3.8) is 0 Å². The first-order valence-electron chi connectivity index (χ1n) is 17.3. The Morgan fingerprint density at radius 2 is 0.745 bits per heavy atom. The fourth-order valence-electron chi connectivity index (χ4n) is 7.06. The summed E-state index contributed by atoms with van der Waals surface area (Å²) in [6.07, 6.45) is 10.2. The number of benzene rings is 3. The van der Waals surface area contributed by atoms with Crippen LogP contribution in [-0.4, -0.2) is 24.9 Å². The first-order chi connectivity index (χ1) is 25.0. The van der Waals surface area contributed by atoms with Crippen LogP contribution >= 0.6 is 0 Å². The van der Waals surface area contributed by atoms with Gasteiger partial charge in [0, 0.05) is 45.0 Å². The van der Waals surface area contributed by atoms with E-state index < -0.39 is 0 Å². The minimum absolute atomic E-state index is 0.822. The molecule has 0 atom stereocenters. The highest BCUT2D eigenvalue weighted by atomic mass is 14.8. The van der Waals surface area contributed by atoms with E-state index in [1.807, 2.05) is 24.4 Å². The molecule has 7 aromatic rings. The average molecular weight is 658 g/mol. The van der Waals surface area contributed by atoms with E-state index in [0.29, 0.717) is 0 Å². The molecule has 5 heteroatoms. The van der Waals surface area contributed by atoms with Gasteiger partial charge < -0.3 is 9.97 Å². The molecule has 0 saturated heterocycles. The Kier molecular flexibility index (Phi) is 7.40. The van der Waals surface area contributed by atoms with Gasteiger partial charge in [-0.25, -0.2) is 9.97 Å². The molecule has 2 aliphatic rings. The van der Waals surface area contributed by atoms with Crippen LogP contribution in [0.2, 0.25) is 0 Å². The number of hydrogen-bond acceptors (Lipinski definition) is 3. The second-order valence-corrected chi connectivity index (χ2v) is 13.3. The molecule has 2 aliphatic heterocycles. The predicted octanol–water partition coefficient (Wildman–Crippen LogP) is 11.6. The summed E-state index contributed by atoms with van der Waals surface area (Å²) in [7, 11) is 0. The second-order valence-electron chi connectivity index (χ2n) is 13.3. The van der Waals surface area contributed by atoms with Gasteiger partial charge in [0.25, 0.3) is 0 Å². The molecule has 2 N–H and O–H groups in total. The molecular weight excluding hydrogens is 623 g/mol. The molecule has 3 aromatic carbocycles. The van der Waals surface area contributed by atoms with Crippen molar-refractivity contribution in [1.29, 1.82) is 0 Å². The third-order valence-corrected chi connectivity index (χ3v) is 9.70. The SMILES string of the molecule is Cc1ccc(-c2c3nc(c(-c4ccccn4)c4nc(c(-c5ccc(C)cc5)c5ccc([nH]5)c(-c5ccc(C)cc5)c5ccc2[nH]5)C=C4)C=C3)cc1. The maximum absolute atomic E-state index is 5.34. The number of hydrogen-bond donors (Lipinski definition) is 2. The number of pyridine rings is 1. The van der Waals surface area contributed by atoms with Gasteiger partial charge >= 0.3 is 0 Å². The summed E-state index contributed by atoms with van der Waals surface area (Å²) in [5.74, 6) is 0. The molecule has 0 radical (unpaired) electrons. The number of fused-ring (bicyclic) bond motifs is 8. The lowest BCUT2D eigenvalue weighted by Crippen LogP contribution is -1.92. The lowest BCUT2D eigenvalue weighted by atomic mass is 10.0. The topological polar surface area (TPSA) is 70.2 Å². The number of aromatic nitrogens is 5. The van der Waals surface area contributed by atoms with Crippen LogP contribution in [0.25, 0.3) is 91.0 Å². The number of rotatable bonds is 4. The normalized spacial score (nSPS) is 12.1. The van der Waals surface area contributed by atoms with Gasteiger partial charge in [0.1, 0.15) is 0 Å². The largest absolute Gasteiger partial charge is 0.354 e. The van der Waals surface area contributed by atoms with Crippen LogP contribution in [0.4, 0.5) is 0 Å². The first kappa shape index (κ1) is 30.5. The van der Waals surface area contributed by atoms with Crippen molar-refractivity contribution in [3.05, 3.63) is 161 Å². The predicted molar refractivity (Wildman–Crippen MR) is 213 cm³/mol. The van der Waals surface area contributed by atoms with E-state index in [2.05, 4.69) is 152 Å². The van der Waals surface area contributed by atoms with Crippen molar-refractivity contribution in [2.24, 2.45) is 0 Å². The second kappa shape index (κ2) is 12.4. The molecule has 0 amide bonds. The van der Waals surface area contributed by atoms with Gasteiger partial charge in [-0.3, -0.25) is 4.98 Å². The summed E-state index contributed by atoms with van der Waals surface area (Å²) in [6, 6.07) is 40.8. The van der Waals surface area contributed by atoms with Crippen molar-refractivity contribution in [2.45, 2.75) is 20.8 Å². The third-order valence-electron chi connectivity index (χ3n) is 9.70. The molecular formula is C46H35N5. The minimum atomic E-state index is 0.822. The smallest absolute Gasteiger partial charge is 0.0753 e. The number of H-pyrrole nitrogens is 2. The third kappa shape index (κ3) is 5.59. The Balaban J connectivity index is 1.47. The average Bonchev–Trinajstić information content (AvgIpc) is 3.99. The van der Waals surface area contributed by atoms with Gasteiger partial charge in [-0.2, -0.15) is 0 Å². The van der Waals surface area contributed by atoms with Crippen LogP contribution in [0.15, 0.2) is 121 Å². The summed E-state index contributed by atoms with van der Waals surface area (Å²) in [6.45, 7) is 6.35. The number of aryl methyl sites for hydroxylation is 3. The fourth-order valence-corrected chi connectivity index (χ4v) is 7.06. The summed E-state index contributed by atoms with van der Waals surface area (Å²) in [5.41, 5.74) is 19.2. The summed E-state index contributed by atoms with van der Waals surface area (Å²) in [5, 5.41) is 0. The Labute approximate surface area is 296 Å². The van der Waals surface area contributed by atoms with Gasteiger partial charge in [0.15, 0.2) is 0 Å². The molecule has 9 rings (SSSR count). The van der Waals surface area contributed by atoms with Gasteiger partial charge in [0.2, 0.25) is 0 Å². The van der Waals surface area contributed by atoms with Crippen molar-refractivity contribution in [2.75, 3.05) is 0 Å². The highest BCUT2D eigenvalue weighted by molar-refractivity contribution is 6.00. The lowest BCUT2D eigenvalue weighted by molar-refractivity contribution is 1.24. The summed E-state index contributed by atoms with van der Waals surface area (Å²) >= 11 is 0. The first-order valence-corrected chi connectivity index (χ1v) is 17.3. The van der Waals surface area contributed by atoms with Crippen LogP contribution in [0, 0.1) is 20.8 Å². The highest BCUT2D eigenvalue weighted by Gasteiger charge is 2.20. The lowest BCUT2D eigenvalue weighted by Gasteiger charge is -2.07. The van der Waals surface area contributed by atoms with Crippen LogP contribution in [0.1, 0.15) is 39.5 Å². The van der Waals surface area contributed by atoms with E-state index in [9.17, 15) is 0 Å². The summed E-state index contributed by atoms with van der Waals surface area (Å²) < 4.78 is 0. The molecule has 5 nitrogen and oxygen atoms in total. The molecule has 0 aliphatic carbocycles. The Bertz CT molecular complexity index is 2530. The Hall–Kier alpha value is -6.59. The van der Waals surface area contributed by atoms with E-state index in [0.717, 1.165) is 89.5 Å². The van der Waals surface area contributed by atoms with Crippen molar-refractivity contribution in [1.82, 2.24) is 24.9 Å². The molecule has 0 spiro atoms. The monoisotopic (exact) mass is 657 g/mol. The van der Waals surface area contributed by atoms with Crippen LogP contribution < -0.4 is 0 Å². The molecule has 0 fully saturated rings. The van der Waals surface area contributed by atoms with Crippen molar-refractivity contribution >= 4 is 46.4 Å². The van der Waals surface area contributed by atoms with Gasteiger partial charge in [0.05, 0.1) is 34.0 Å². The molecule has 0 saturated carbocycles. The zero-order valence-electron chi connectivity index (χ0n) is 28.7. The van der Waals surface area contributed by atoms with Gasteiger partial charge in [-0.1, -0.05) is 95.6 Å². The maximum Gasteiger partial charge on any atom is 0.0753 e. The zero-order chi connectivity index (χ0) is 34.5. The van der Waals surface area contributed by atoms with E-state index in [1.165, 1.54) is 16.7 Å². The quantitative estimate of drug-likeness (QED) is 0.198. The van der Waals surface area contributed by atoms with E-state index in [1.54, 1.807) is 0 Å². The van der Waals surface area contributed by atoms with E-state index >= 15 is 0 Å². The van der Waals surface area contributed by atoms with Crippen molar-refractivity contribution in [3.8, 4) is 44.6 Å². The molecule has 4 aromatic heterocycles. The number of nitrogens with zero attached hydrogens (tertiary/aromatic N) is 3. The Morgan fingerprint density at radius 1 is 0.373 bits per heavy atom. The fraction of sp³-hybridized carbons (Fsp3) is 0.0652. The highest BCUT2D eigenvalue weighted by Crippen LogP contribution is 2.38. The zero-order valence-corrected chi connectivity index (χ0v) is 28.7. The van der Waals surface area contributed by atoms with E-state index in [4.69, 9.17) is 15.0 Å². The maximum atomic E-state index is 5.34. The van der Waals surface area contributed by atoms with Crippen LogP contribution in [0.5, 0.6) is 0 Å². The standard InChI is InChI=1S/C46H35N5/c1-28-7-13-31(14-8-28)43-35-19-21-37(48-35)44(32-15-9-29(2)10-16-32)39-23-25-41(50-39)46(34-6-4-5-27-47-34)42-26-24-40(51-42)45(38-22-20-36(43)49-38)33-17-11-30(3)12-18-33/h4-27,48-49H,1-3H3. The molecule has 51 heavy (non-hydrogen) atoms. The molecule has 0 unspecified atom stereocenters. The number of nitrogens with one attached hydrogen (secondary N) is 2. The van der Waals surface area contributed by atoms with Crippen molar-refractivity contribution < 1.29 is 0 Å². The van der Waals surface area contributed by atoms with Gasteiger partial charge in [-0.15, -0.1) is 0 Å². The van der Waals surface area contributed by atoms with Gasteiger partial charge in [-0.05, 0) is 98.2 Å². The molecule has 244 valence electrons. The molecule has 8 bridgehead atoms.